The number of likely N-dealkylation sites (tertiary alicyclic amines) is 1. The number of rotatable bonds is 1. The molecule has 3 aliphatic heterocycles. The fraction of sp³-hybridized carbons (Fsp3) is 0.344. The summed E-state index contributed by atoms with van der Waals surface area (Å²) in [5.74, 6) is 2.34. The van der Waals surface area contributed by atoms with Gasteiger partial charge in [-0.15, -0.1) is 11.8 Å². The number of hydrogen-bond donors (Lipinski definition) is 0. The van der Waals surface area contributed by atoms with Gasteiger partial charge in [-0.25, -0.2) is 9.97 Å². The van der Waals surface area contributed by atoms with Crippen LogP contribution < -0.4 is 0 Å². The van der Waals surface area contributed by atoms with E-state index in [-0.39, 0.29) is 12.0 Å². The molecule has 6 heteroatoms. The van der Waals surface area contributed by atoms with Crippen LogP contribution in [0.1, 0.15) is 34.7 Å². The van der Waals surface area contributed by atoms with E-state index in [9.17, 15) is 4.79 Å². The van der Waals surface area contributed by atoms with Gasteiger partial charge in [-0.2, -0.15) is 0 Å². The van der Waals surface area contributed by atoms with E-state index in [1.807, 2.05) is 30.0 Å². The molecule has 0 radical (unpaired) electrons. The minimum atomic E-state index is -0.667. The Hall–Kier alpha value is -3.06. The number of piperidine rings is 1. The second-order valence-electron chi connectivity index (χ2n) is 11.5. The van der Waals surface area contributed by atoms with Crippen LogP contribution in [0.25, 0.3) is 22.3 Å². The van der Waals surface area contributed by atoms with Gasteiger partial charge in [0.15, 0.2) is 0 Å². The van der Waals surface area contributed by atoms with E-state index in [4.69, 9.17) is 9.97 Å². The van der Waals surface area contributed by atoms with Crippen LogP contribution in [-0.2, 0) is 10.3 Å². The molecule has 190 valence electrons. The first-order chi connectivity index (χ1) is 18.6. The van der Waals surface area contributed by atoms with Gasteiger partial charge in [-0.05, 0) is 37.2 Å². The minimum absolute atomic E-state index is 0.0700. The maximum absolute atomic E-state index is 14.8. The van der Waals surface area contributed by atoms with E-state index >= 15 is 0 Å². The molecule has 5 nitrogen and oxygen atoms in total. The Morgan fingerprint density at radius 3 is 2.50 bits per heavy atom. The van der Waals surface area contributed by atoms with Crippen molar-refractivity contribution >= 4 is 28.6 Å². The summed E-state index contributed by atoms with van der Waals surface area (Å²) in [6.07, 6.45) is 0.562. The van der Waals surface area contributed by atoms with Crippen molar-refractivity contribution in [1.29, 1.82) is 0 Å². The van der Waals surface area contributed by atoms with Gasteiger partial charge < -0.3 is 4.90 Å². The van der Waals surface area contributed by atoms with Gasteiger partial charge in [0, 0.05) is 48.7 Å². The lowest BCUT2D eigenvalue weighted by Gasteiger charge is -2.52. The Balaban J connectivity index is 1.53. The van der Waals surface area contributed by atoms with Gasteiger partial charge in [0.2, 0.25) is 0 Å². The highest BCUT2D eigenvalue weighted by molar-refractivity contribution is 7.99. The number of carbonyl (C=O) groups is 1. The van der Waals surface area contributed by atoms with E-state index < -0.39 is 11.0 Å². The van der Waals surface area contributed by atoms with E-state index in [1.165, 1.54) is 16.7 Å². The van der Waals surface area contributed by atoms with Crippen molar-refractivity contribution in [2.75, 3.05) is 31.8 Å². The van der Waals surface area contributed by atoms with Crippen LogP contribution in [0.2, 0.25) is 0 Å². The van der Waals surface area contributed by atoms with E-state index in [0.717, 1.165) is 46.2 Å². The molecule has 0 amide bonds. The first kappa shape index (κ1) is 22.9. The lowest BCUT2D eigenvalue weighted by Crippen LogP contribution is -2.62. The predicted molar refractivity (Wildman–Crippen MR) is 152 cm³/mol. The molecule has 3 aromatic carbocycles. The Kier molecular flexibility index (Phi) is 4.80. The van der Waals surface area contributed by atoms with Crippen molar-refractivity contribution in [2.24, 2.45) is 5.41 Å². The molecule has 4 aromatic rings. The summed E-state index contributed by atoms with van der Waals surface area (Å²) < 4.78 is 0. The first-order valence-electron chi connectivity index (χ1n) is 13.6. The first-order valence-corrected chi connectivity index (χ1v) is 14.7. The summed E-state index contributed by atoms with van der Waals surface area (Å²) in [6.45, 7) is 3.65. The average molecular weight is 519 g/mol. The number of hydrogen-bond acceptors (Lipinski definition) is 6. The van der Waals surface area contributed by atoms with Gasteiger partial charge in [0.1, 0.15) is 11.3 Å². The summed E-state index contributed by atoms with van der Waals surface area (Å²) in [5, 5.41) is 0. The second kappa shape index (κ2) is 7.98. The molecule has 1 aliphatic carbocycles. The predicted octanol–water partition coefficient (Wildman–Crippen LogP) is 5.23. The molecule has 4 aliphatic rings. The highest BCUT2D eigenvalue weighted by Gasteiger charge is 2.76. The summed E-state index contributed by atoms with van der Waals surface area (Å²) in [5.41, 5.74) is 7.24. The van der Waals surface area contributed by atoms with Crippen molar-refractivity contribution in [2.45, 2.75) is 30.8 Å². The van der Waals surface area contributed by atoms with Crippen LogP contribution in [0.5, 0.6) is 0 Å². The molecule has 0 saturated carbocycles. The average Bonchev–Trinajstić information content (AvgIpc) is 3.58. The molecule has 0 unspecified atom stereocenters. The molecule has 38 heavy (non-hydrogen) atoms. The summed E-state index contributed by atoms with van der Waals surface area (Å²) in [6, 6.07) is 26.1. The number of aryl methyl sites for hydroxylation is 1. The van der Waals surface area contributed by atoms with Crippen LogP contribution in [0.15, 0.2) is 72.8 Å². The Morgan fingerprint density at radius 1 is 0.947 bits per heavy atom. The molecule has 3 saturated heterocycles. The lowest BCUT2D eigenvalue weighted by molar-refractivity contribution is -0.140. The second-order valence-corrected chi connectivity index (χ2v) is 12.5. The van der Waals surface area contributed by atoms with Gasteiger partial charge in [0.05, 0.1) is 27.8 Å². The zero-order valence-corrected chi connectivity index (χ0v) is 22.5. The monoisotopic (exact) mass is 518 g/mol. The highest BCUT2D eigenvalue weighted by Crippen LogP contribution is 2.71. The number of benzene rings is 3. The van der Waals surface area contributed by atoms with E-state index in [1.54, 1.807) is 0 Å². The van der Waals surface area contributed by atoms with Crippen molar-refractivity contribution < 1.29 is 4.79 Å². The number of Topliss-reactive ketones (excluding diaryl/α,β-unsaturated/α-hetero) is 1. The van der Waals surface area contributed by atoms with E-state index in [0.29, 0.717) is 18.7 Å². The van der Waals surface area contributed by atoms with Gasteiger partial charge >= 0.3 is 0 Å². The summed E-state index contributed by atoms with van der Waals surface area (Å²) >= 11 is 1.98. The van der Waals surface area contributed by atoms with E-state index in [2.05, 4.69) is 78.4 Å². The van der Waals surface area contributed by atoms with Crippen LogP contribution in [-0.4, -0.2) is 63.4 Å². The minimum Gasteiger partial charge on any atom is -0.305 e. The number of fused-ring (bicyclic) bond motifs is 9. The Bertz CT molecular complexity index is 1620. The molecular weight excluding hydrogens is 488 g/mol. The van der Waals surface area contributed by atoms with Crippen molar-refractivity contribution in [3.63, 3.8) is 0 Å². The maximum atomic E-state index is 14.8. The Morgan fingerprint density at radius 2 is 1.68 bits per heavy atom. The molecule has 8 rings (SSSR count). The topological polar surface area (TPSA) is 49.3 Å². The molecule has 4 heterocycles. The number of para-hydroxylation sites is 2. The summed E-state index contributed by atoms with van der Waals surface area (Å²) in [4.78, 5) is 30.5. The highest BCUT2D eigenvalue weighted by atomic mass is 32.2. The molecule has 3 fully saturated rings. The van der Waals surface area contributed by atoms with Gasteiger partial charge in [0.25, 0.3) is 0 Å². The van der Waals surface area contributed by atoms with Crippen LogP contribution >= 0.6 is 11.8 Å². The quantitative estimate of drug-likeness (QED) is 0.344. The van der Waals surface area contributed by atoms with Crippen molar-refractivity contribution in [3.8, 4) is 11.3 Å². The number of carbonyl (C=O) groups excluding carboxylic acids is 1. The molecule has 4 atom stereocenters. The maximum Gasteiger partial charge on any atom is 0.144 e. The Labute approximate surface area is 227 Å². The van der Waals surface area contributed by atoms with Crippen LogP contribution in [0.4, 0.5) is 0 Å². The van der Waals surface area contributed by atoms with Crippen molar-refractivity contribution in [3.05, 3.63) is 95.2 Å². The van der Waals surface area contributed by atoms with Gasteiger partial charge in [-0.3, -0.25) is 9.69 Å². The number of thioether (sulfide) groups is 1. The van der Waals surface area contributed by atoms with Crippen LogP contribution in [0, 0.1) is 12.3 Å². The lowest BCUT2D eigenvalue weighted by atomic mass is 9.56. The molecule has 0 N–H and O–H groups in total. The zero-order chi connectivity index (χ0) is 25.6. The third-order valence-electron chi connectivity index (χ3n) is 9.57. The fourth-order valence-corrected chi connectivity index (χ4v) is 9.48. The fourth-order valence-electron chi connectivity index (χ4n) is 8.18. The smallest absolute Gasteiger partial charge is 0.144 e. The number of nitrogens with zero attached hydrogens (tertiary/aromatic N) is 4. The number of aromatic nitrogens is 2. The molecular formula is C32H30N4OS. The zero-order valence-electron chi connectivity index (χ0n) is 21.7. The summed E-state index contributed by atoms with van der Waals surface area (Å²) in [7, 11) is 2.18. The van der Waals surface area contributed by atoms with Gasteiger partial charge in [-0.1, -0.05) is 66.2 Å². The standard InChI is InChI=1S/C32H30N4OS/c1-20-11-13-21(14-12-20)28-26-17-38-19-36(26)32(31(28)18-35(2)16-15-27(31)37)23-8-4-3-7-22(23)29-30(32)34-25-10-6-5-9-24(25)33-29/h3-14,26,28H,15-19H2,1-2H3/t26-,28-,31+,32-/m0/s1. The number of ketones is 1. The third kappa shape index (κ3) is 2.68. The third-order valence-corrected chi connectivity index (χ3v) is 10.6. The van der Waals surface area contributed by atoms with Crippen LogP contribution in [0.3, 0.4) is 0 Å². The molecule has 2 spiro atoms. The molecule has 1 aromatic heterocycles. The SMILES string of the molecule is Cc1ccc([C@H]2[C@@H]3CSCN3[C@]3(c4ccccc4-c4nc5ccccc5nc43)[C@@]23CN(C)CCC3=O)cc1. The largest absolute Gasteiger partial charge is 0.305 e. The molecule has 0 bridgehead atoms. The van der Waals surface area contributed by atoms with Crippen molar-refractivity contribution in [1.82, 2.24) is 19.8 Å². The normalized spacial score (nSPS) is 30.3.